The van der Waals surface area contributed by atoms with Crippen molar-refractivity contribution in [2.24, 2.45) is 0 Å². The molecule has 0 bridgehead atoms. The van der Waals surface area contributed by atoms with Gasteiger partial charge in [0.05, 0.1) is 18.2 Å². The van der Waals surface area contributed by atoms with E-state index < -0.39 is 12.6 Å². The molecule has 6 nitrogen and oxygen atoms in total. The number of alkyl halides is 3. The van der Waals surface area contributed by atoms with Crippen molar-refractivity contribution in [3.05, 3.63) is 47.1 Å². The Bertz CT molecular complexity index is 1040. The average molecular weight is 435 g/mol. The van der Waals surface area contributed by atoms with Gasteiger partial charge in [0.25, 0.3) is 0 Å². The number of rotatable bonds is 4. The SMILES string of the molecule is Nc1ccc(CC(=O)N2CCN(c3ncnc4sc(CC(F)(F)F)cc34)CC2)cc1. The number of thiophene rings is 1. The summed E-state index contributed by atoms with van der Waals surface area (Å²) < 4.78 is 38.2. The molecule has 0 saturated carbocycles. The molecule has 1 amide bonds. The van der Waals surface area contributed by atoms with Crippen LogP contribution in [0.4, 0.5) is 24.7 Å². The Morgan fingerprint density at radius 2 is 1.80 bits per heavy atom. The van der Waals surface area contributed by atoms with E-state index in [-0.39, 0.29) is 10.8 Å². The van der Waals surface area contributed by atoms with Crippen molar-refractivity contribution in [3.8, 4) is 0 Å². The van der Waals surface area contributed by atoms with Crippen molar-refractivity contribution in [3.63, 3.8) is 0 Å². The van der Waals surface area contributed by atoms with Crippen molar-refractivity contribution in [2.75, 3.05) is 36.8 Å². The van der Waals surface area contributed by atoms with E-state index >= 15 is 0 Å². The van der Waals surface area contributed by atoms with Gasteiger partial charge in [0.15, 0.2) is 0 Å². The topological polar surface area (TPSA) is 75.4 Å². The molecule has 10 heteroatoms. The molecule has 3 heterocycles. The highest BCUT2D eigenvalue weighted by Gasteiger charge is 2.30. The molecule has 1 aliphatic heterocycles. The molecule has 3 aromatic rings. The Morgan fingerprint density at radius 3 is 2.47 bits per heavy atom. The standard InChI is InChI=1S/C20H20F3N5OS/c21-20(22,23)11-15-10-16-18(25-12-26-19(16)30-15)28-7-5-27(6-8-28)17(29)9-13-1-3-14(24)4-2-13/h1-4,10,12H,5-9,11,24H2. The second-order valence-corrected chi connectivity index (χ2v) is 8.32. The predicted octanol–water partition coefficient (Wildman–Crippen LogP) is 3.27. The molecule has 0 aliphatic carbocycles. The third-order valence-corrected chi connectivity index (χ3v) is 6.04. The number of benzene rings is 1. The van der Waals surface area contributed by atoms with E-state index in [0.717, 1.165) is 16.9 Å². The molecular formula is C20H20F3N5OS. The van der Waals surface area contributed by atoms with E-state index in [4.69, 9.17) is 5.73 Å². The lowest BCUT2D eigenvalue weighted by molar-refractivity contribution is -0.130. The number of aromatic nitrogens is 2. The van der Waals surface area contributed by atoms with E-state index in [1.807, 2.05) is 17.0 Å². The van der Waals surface area contributed by atoms with Gasteiger partial charge in [0.2, 0.25) is 5.91 Å². The van der Waals surface area contributed by atoms with Gasteiger partial charge in [0, 0.05) is 36.7 Å². The van der Waals surface area contributed by atoms with Crippen molar-refractivity contribution < 1.29 is 18.0 Å². The lowest BCUT2D eigenvalue weighted by Crippen LogP contribution is -2.49. The first-order chi connectivity index (χ1) is 14.3. The molecule has 1 fully saturated rings. The fraction of sp³-hybridized carbons (Fsp3) is 0.350. The Morgan fingerprint density at radius 1 is 1.10 bits per heavy atom. The first-order valence-electron chi connectivity index (χ1n) is 9.46. The molecule has 1 saturated heterocycles. The highest BCUT2D eigenvalue weighted by molar-refractivity contribution is 7.18. The molecule has 30 heavy (non-hydrogen) atoms. The molecule has 0 atom stereocenters. The molecule has 4 rings (SSSR count). The maximum atomic E-state index is 12.7. The van der Waals surface area contributed by atoms with Gasteiger partial charge in [-0.25, -0.2) is 9.97 Å². The average Bonchev–Trinajstić information content (AvgIpc) is 3.10. The van der Waals surface area contributed by atoms with Gasteiger partial charge in [-0.15, -0.1) is 11.3 Å². The van der Waals surface area contributed by atoms with Crippen LogP contribution in [0.2, 0.25) is 0 Å². The van der Waals surface area contributed by atoms with Crippen molar-refractivity contribution in [1.82, 2.24) is 14.9 Å². The number of halogens is 3. The van der Waals surface area contributed by atoms with E-state index in [1.54, 1.807) is 17.0 Å². The zero-order valence-corrected chi connectivity index (χ0v) is 16.8. The van der Waals surface area contributed by atoms with Crippen LogP contribution in [-0.2, 0) is 17.6 Å². The van der Waals surface area contributed by atoms with Gasteiger partial charge in [-0.2, -0.15) is 13.2 Å². The number of nitrogens with two attached hydrogens (primary N) is 1. The minimum atomic E-state index is -4.26. The highest BCUT2D eigenvalue weighted by Crippen LogP contribution is 2.34. The fourth-order valence-electron chi connectivity index (χ4n) is 3.52. The minimum Gasteiger partial charge on any atom is -0.399 e. The monoisotopic (exact) mass is 435 g/mol. The zero-order valence-electron chi connectivity index (χ0n) is 16.0. The lowest BCUT2D eigenvalue weighted by Gasteiger charge is -2.35. The quantitative estimate of drug-likeness (QED) is 0.637. The Kier molecular flexibility index (Phi) is 5.50. The van der Waals surface area contributed by atoms with Gasteiger partial charge >= 0.3 is 6.18 Å². The minimum absolute atomic E-state index is 0.0373. The summed E-state index contributed by atoms with van der Waals surface area (Å²) in [6, 6.07) is 8.76. The van der Waals surface area contributed by atoms with Crippen molar-refractivity contribution in [2.45, 2.75) is 19.0 Å². The van der Waals surface area contributed by atoms with Crippen LogP contribution in [0.5, 0.6) is 0 Å². The number of amides is 1. The summed E-state index contributed by atoms with van der Waals surface area (Å²) in [5, 5.41) is 0.628. The maximum absolute atomic E-state index is 12.7. The second-order valence-electron chi connectivity index (χ2n) is 7.21. The van der Waals surface area contributed by atoms with E-state index in [9.17, 15) is 18.0 Å². The normalized spacial score (nSPS) is 15.0. The number of nitrogens with zero attached hydrogens (tertiary/aromatic N) is 4. The van der Waals surface area contributed by atoms with Crippen LogP contribution in [0.15, 0.2) is 36.7 Å². The van der Waals surface area contributed by atoms with Crippen LogP contribution < -0.4 is 10.6 Å². The van der Waals surface area contributed by atoms with Gasteiger partial charge in [0.1, 0.15) is 17.0 Å². The third kappa shape index (κ3) is 4.64. The maximum Gasteiger partial charge on any atom is 0.393 e. The molecular weight excluding hydrogens is 415 g/mol. The van der Waals surface area contributed by atoms with Crippen LogP contribution in [0, 0.1) is 0 Å². The van der Waals surface area contributed by atoms with E-state index in [1.165, 1.54) is 12.4 Å². The largest absolute Gasteiger partial charge is 0.399 e. The second kappa shape index (κ2) is 8.10. The van der Waals surface area contributed by atoms with Gasteiger partial charge in [-0.1, -0.05) is 12.1 Å². The smallest absolute Gasteiger partial charge is 0.393 e. The molecule has 158 valence electrons. The predicted molar refractivity (Wildman–Crippen MR) is 111 cm³/mol. The highest BCUT2D eigenvalue weighted by atomic mass is 32.1. The van der Waals surface area contributed by atoms with Gasteiger partial charge in [-0.3, -0.25) is 4.79 Å². The number of nitrogen functional groups attached to an aromatic ring is 1. The van der Waals surface area contributed by atoms with Crippen LogP contribution >= 0.6 is 11.3 Å². The van der Waals surface area contributed by atoms with Crippen LogP contribution in [0.3, 0.4) is 0 Å². The molecule has 0 radical (unpaired) electrons. The van der Waals surface area contributed by atoms with Gasteiger partial charge < -0.3 is 15.5 Å². The Labute approximate surface area is 175 Å². The zero-order chi connectivity index (χ0) is 21.3. The molecule has 1 aromatic carbocycles. The number of carbonyl (C=O) groups is 1. The first kappa shape index (κ1) is 20.4. The number of hydrogen-bond donors (Lipinski definition) is 1. The number of hydrogen-bond acceptors (Lipinski definition) is 6. The van der Waals surface area contributed by atoms with Crippen LogP contribution in [-0.4, -0.2) is 53.1 Å². The number of carbonyl (C=O) groups excluding carboxylic acids is 1. The van der Waals surface area contributed by atoms with E-state index in [2.05, 4.69) is 9.97 Å². The van der Waals surface area contributed by atoms with Gasteiger partial charge in [-0.05, 0) is 23.8 Å². The summed E-state index contributed by atoms with van der Waals surface area (Å²) in [5.41, 5.74) is 7.24. The Balaban J connectivity index is 1.43. The number of fused-ring (bicyclic) bond motifs is 1. The number of piperazine rings is 1. The summed E-state index contributed by atoms with van der Waals surface area (Å²) in [6.07, 6.45) is -3.54. The number of anilines is 2. The summed E-state index contributed by atoms with van der Waals surface area (Å²) in [6.45, 7) is 2.17. The lowest BCUT2D eigenvalue weighted by atomic mass is 10.1. The van der Waals surface area contributed by atoms with Crippen molar-refractivity contribution >= 4 is 39.0 Å². The van der Waals surface area contributed by atoms with Crippen molar-refractivity contribution in [1.29, 1.82) is 0 Å². The summed E-state index contributed by atoms with van der Waals surface area (Å²) in [5.74, 6) is 0.658. The molecule has 0 unspecified atom stereocenters. The molecule has 2 aromatic heterocycles. The fourth-order valence-corrected chi connectivity index (χ4v) is 4.54. The Hall–Kier alpha value is -2.88. The third-order valence-electron chi connectivity index (χ3n) is 5.00. The van der Waals surface area contributed by atoms with E-state index in [0.29, 0.717) is 54.3 Å². The summed E-state index contributed by atoms with van der Waals surface area (Å²) >= 11 is 1.04. The summed E-state index contributed by atoms with van der Waals surface area (Å²) in [4.78, 5) is 25.6. The summed E-state index contributed by atoms with van der Waals surface area (Å²) in [7, 11) is 0. The van der Waals surface area contributed by atoms with Crippen LogP contribution in [0.1, 0.15) is 10.4 Å². The molecule has 2 N–H and O–H groups in total. The molecule has 0 spiro atoms. The first-order valence-corrected chi connectivity index (χ1v) is 10.3. The van der Waals surface area contributed by atoms with Crippen LogP contribution in [0.25, 0.3) is 10.2 Å². The molecule has 1 aliphatic rings.